The molecule has 0 bridgehead atoms. The topological polar surface area (TPSA) is 93.1 Å². The van der Waals surface area contributed by atoms with E-state index in [1.807, 2.05) is 26.8 Å². The molecule has 1 aromatic heterocycles. The molecule has 0 aliphatic heterocycles. The molecule has 0 saturated heterocycles. The highest BCUT2D eigenvalue weighted by atomic mass is 32.1. The molecule has 1 heterocycles. The van der Waals surface area contributed by atoms with Crippen molar-refractivity contribution in [1.82, 2.24) is 0 Å². The van der Waals surface area contributed by atoms with Crippen LogP contribution in [0, 0.1) is 29.1 Å². The zero-order valence-electron chi connectivity index (χ0n) is 24.0. The molecule has 1 unspecified atom stereocenters. The molecule has 1 atom stereocenters. The van der Waals surface area contributed by atoms with Crippen LogP contribution in [0.1, 0.15) is 101 Å². The van der Waals surface area contributed by atoms with Crippen molar-refractivity contribution in [3.05, 3.63) is 15.8 Å². The SMILES string of the molecule is CCOP(C)(=O)C1(O)CCC(N(c2cc(C#CC(C)(C)C)sc2C(=O)OC)C(=O)[C@H]2CC[C@H](C)CC2)CC1. The van der Waals surface area contributed by atoms with Crippen LogP contribution in [0.15, 0.2) is 6.07 Å². The molecule has 1 aromatic rings. The summed E-state index contributed by atoms with van der Waals surface area (Å²) in [5.41, 5.74) is 0.315. The molecule has 7 nitrogen and oxygen atoms in total. The second kappa shape index (κ2) is 12.3. The summed E-state index contributed by atoms with van der Waals surface area (Å²) < 4.78 is 23.7. The van der Waals surface area contributed by atoms with Gasteiger partial charge in [-0.3, -0.25) is 9.36 Å². The fourth-order valence-corrected chi connectivity index (χ4v) is 8.13. The lowest BCUT2D eigenvalue weighted by atomic mass is 9.81. The Morgan fingerprint density at radius 1 is 1.18 bits per heavy atom. The van der Waals surface area contributed by atoms with Crippen molar-refractivity contribution in [3.8, 4) is 11.8 Å². The number of amides is 1. The number of anilines is 1. The van der Waals surface area contributed by atoms with E-state index in [1.54, 1.807) is 11.8 Å². The molecular weight excluding hydrogens is 521 g/mol. The average Bonchev–Trinajstić information content (AvgIpc) is 3.27. The summed E-state index contributed by atoms with van der Waals surface area (Å²) in [6.07, 6.45) is 5.05. The first-order valence-corrected chi connectivity index (χ1v) is 16.6. The smallest absolute Gasteiger partial charge is 0.350 e. The van der Waals surface area contributed by atoms with Crippen LogP contribution in [0.5, 0.6) is 0 Å². The Labute approximate surface area is 232 Å². The normalized spacial score (nSPS) is 27.5. The van der Waals surface area contributed by atoms with E-state index in [1.165, 1.54) is 25.1 Å². The zero-order chi connectivity index (χ0) is 28.3. The Kier molecular flexibility index (Phi) is 9.96. The van der Waals surface area contributed by atoms with Gasteiger partial charge < -0.3 is 19.3 Å². The van der Waals surface area contributed by atoms with Gasteiger partial charge in [0.15, 0.2) is 0 Å². The number of hydrogen-bond acceptors (Lipinski definition) is 7. The van der Waals surface area contributed by atoms with Crippen molar-refractivity contribution in [2.24, 2.45) is 17.3 Å². The Bertz CT molecular complexity index is 1110. The van der Waals surface area contributed by atoms with Crippen LogP contribution in [0.25, 0.3) is 0 Å². The van der Waals surface area contributed by atoms with E-state index in [9.17, 15) is 19.3 Å². The number of thiophene rings is 1. The molecule has 38 heavy (non-hydrogen) atoms. The van der Waals surface area contributed by atoms with Crippen molar-refractivity contribution in [2.45, 2.75) is 97.4 Å². The van der Waals surface area contributed by atoms with Gasteiger partial charge in [-0.1, -0.05) is 18.8 Å². The molecule has 0 aromatic carbocycles. The molecular formula is C29H44NO6PS. The van der Waals surface area contributed by atoms with Gasteiger partial charge in [0.2, 0.25) is 13.3 Å². The third kappa shape index (κ3) is 7.10. The van der Waals surface area contributed by atoms with Crippen LogP contribution < -0.4 is 4.90 Å². The highest BCUT2D eigenvalue weighted by molar-refractivity contribution is 7.59. The second-order valence-electron chi connectivity index (χ2n) is 12.0. The van der Waals surface area contributed by atoms with Crippen LogP contribution in [0.2, 0.25) is 0 Å². The lowest BCUT2D eigenvalue weighted by molar-refractivity contribution is -0.124. The highest BCUT2D eigenvalue weighted by Gasteiger charge is 2.48. The van der Waals surface area contributed by atoms with Crippen LogP contribution in [-0.2, 0) is 18.6 Å². The van der Waals surface area contributed by atoms with Gasteiger partial charge in [-0.15, -0.1) is 11.3 Å². The van der Waals surface area contributed by atoms with Gasteiger partial charge in [-0.05, 0) is 91.0 Å². The summed E-state index contributed by atoms with van der Waals surface area (Å²) in [7, 11) is -1.91. The van der Waals surface area contributed by atoms with Crippen LogP contribution in [0.3, 0.4) is 0 Å². The number of ether oxygens (including phenoxy) is 1. The average molecular weight is 566 g/mol. The van der Waals surface area contributed by atoms with E-state index in [-0.39, 0.29) is 42.7 Å². The van der Waals surface area contributed by atoms with E-state index in [2.05, 4.69) is 18.8 Å². The third-order valence-electron chi connectivity index (χ3n) is 7.76. The monoisotopic (exact) mass is 565 g/mol. The number of carbonyl (C=O) groups excluding carboxylic acids is 2. The number of aliphatic hydroxyl groups is 1. The van der Waals surface area contributed by atoms with Crippen LogP contribution >= 0.6 is 18.7 Å². The van der Waals surface area contributed by atoms with Gasteiger partial charge in [0.05, 0.1) is 24.3 Å². The van der Waals surface area contributed by atoms with Gasteiger partial charge >= 0.3 is 5.97 Å². The van der Waals surface area contributed by atoms with Crippen molar-refractivity contribution < 1.29 is 28.5 Å². The van der Waals surface area contributed by atoms with E-state index >= 15 is 0 Å². The molecule has 2 saturated carbocycles. The highest BCUT2D eigenvalue weighted by Crippen LogP contribution is 2.60. The quantitative estimate of drug-likeness (QED) is 0.226. The summed E-state index contributed by atoms with van der Waals surface area (Å²) in [6, 6.07) is 1.59. The summed E-state index contributed by atoms with van der Waals surface area (Å²) in [5.74, 6) is 6.39. The standard InChI is InChI=1S/C29H44NO6PS/c1-8-36-37(7,34)29(33)17-13-22(14-18-29)30(26(31)21-11-9-20(2)10-12-21)24-19-23(15-16-28(3,4)5)38-25(24)27(32)35-6/h19-22,33H,8-14,17-18H2,1-7H3/t20-,21-,22?,29?,37?. The fraction of sp³-hybridized carbons (Fsp3) is 0.724. The molecule has 1 amide bonds. The predicted octanol–water partition coefficient (Wildman–Crippen LogP) is 6.67. The minimum absolute atomic E-state index is 0.00936. The number of nitrogens with zero attached hydrogens (tertiary/aromatic N) is 1. The molecule has 2 aliphatic carbocycles. The fourth-order valence-electron chi connectivity index (χ4n) is 5.40. The Morgan fingerprint density at radius 3 is 2.32 bits per heavy atom. The van der Waals surface area contributed by atoms with Crippen molar-refractivity contribution >= 4 is 36.3 Å². The molecule has 2 aliphatic rings. The van der Waals surface area contributed by atoms with Gasteiger partial charge in [0.1, 0.15) is 10.2 Å². The van der Waals surface area contributed by atoms with Crippen molar-refractivity contribution in [2.75, 3.05) is 25.3 Å². The van der Waals surface area contributed by atoms with Crippen LogP contribution in [0.4, 0.5) is 5.69 Å². The first kappa shape index (κ1) is 30.9. The molecule has 212 valence electrons. The van der Waals surface area contributed by atoms with Gasteiger partial charge in [-0.2, -0.15) is 0 Å². The Morgan fingerprint density at radius 2 is 1.79 bits per heavy atom. The van der Waals surface area contributed by atoms with E-state index in [0.29, 0.717) is 34.2 Å². The largest absolute Gasteiger partial charge is 0.465 e. The summed E-state index contributed by atoms with van der Waals surface area (Å²) >= 11 is 1.24. The van der Waals surface area contributed by atoms with Gasteiger partial charge in [-0.25, -0.2) is 4.79 Å². The lowest BCUT2D eigenvalue weighted by Crippen LogP contribution is -2.49. The molecule has 0 spiro atoms. The number of hydrogen-bond donors (Lipinski definition) is 1. The Hall–Kier alpha value is -1.65. The molecule has 3 rings (SSSR count). The molecule has 0 radical (unpaired) electrons. The first-order valence-electron chi connectivity index (χ1n) is 13.7. The van der Waals surface area contributed by atoms with Crippen molar-refractivity contribution in [3.63, 3.8) is 0 Å². The van der Waals surface area contributed by atoms with Crippen LogP contribution in [-0.4, -0.2) is 48.7 Å². The maximum Gasteiger partial charge on any atom is 0.350 e. The summed E-state index contributed by atoms with van der Waals surface area (Å²) in [6.45, 7) is 11.8. The van der Waals surface area contributed by atoms with E-state index in [0.717, 1.165) is 25.7 Å². The maximum atomic E-state index is 14.2. The first-order chi connectivity index (χ1) is 17.7. The minimum atomic E-state index is -3.25. The molecule has 2 fully saturated rings. The van der Waals surface area contributed by atoms with Gasteiger partial charge in [0, 0.05) is 24.0 Å². The zero-order valence-corrected chi connectivity index (χ0v) is 25.7. The van der Waals surface area contributed by atoms with E-state index < -0.39 is 18.7 Å². The maximum absolute atomic E-state index is 14.2. The minimum Gasteiger partial charge on any atom is -0.465 e. The Balaban J connectivity index is 2.02. The van der Waals surface area contributed by atoms with Gasteiger partial charge in [0.25, 0.3) is 0 Å². The number of methoxy groups -OCH3 is 1. The van der Waals surface area contributed by atoms with Crippen molar-refractivity contribution in [1.29, 1.82) is 0 Å². The molecule has 1 N–H and O–H groups in total. The third-order valence-corrected chi connectivity index (χ3v) is 11.5. The summed E-state index contributed by atoms with van der Waals surface area (Å²) in [4.78, 5) is 29.9. The molecule has 9 heteroatoms. The second-order valence-corrected chi connectivity index (χ2v) is 15.8. The number of rotatable bonds is 7. The summed E-state index contributed by atoms with van der Waals surface area (Å²) in [5, 5.41) is 9.85. The lowest BCUT2D eigenvalue weighted by Gasteiger charge is -2.43. The van der Waals surface area contributed by atoms with E-state index in [4.69, 9.17) is 9.26 Å². The predicted molar refractivity (Wildman–Crippen MR) is 153 cm³/mol. The number of esters is 1. The number of carbonyl (C=O) groups is 2.